The molecule has 1 aliphatic rings. The molecule has 4 nitrogen and oxygen atoms in total. The molecule has 0 unspecified atom stereocenters. The van der Waals surface area contributed by atoms with Crippen molar-refractivity contribution in [3.63, 3.8) is 0 Å². The van der Waals surface area contributed by atoms with Gasteiger partial charge in [-0.2, -0.15) is 0 Å². The Balaban J connectivity index is 2.21. The van der Waals surface area contributed by atoms with Crippen molar-refractivity contribution < 1.29 is 14.3 Å². The number of imide groups is 1. The minimum Gasteiger partial charge on any atom is -0.490 e. The Labute approximate surface area is 143 Å². The summed E-state index contributed by atoms with van der Waals surface area (Å²) in [5.74, 6) is 0.543. The van der Waals surface area contributed by atoms with E-state index < -0.39 is 0 Å². The summed E-state index contributed by atoms with van der Waals surface area (Å²) in [6, 6.07) is 5.63. The normalized spacial score (nSPS) is 18.2. The van der Waals surface area contributed by atoms with Crippen molar-refractivity contribution in [3.05, 3.63) is 33.1 Å². The van der Waals surface area contributed by atoms with Crippen molar-refractivity contribution in [2.45, 2.75) is 33.3 Å². The third kappa shape index (κ3) is 3.73. The van der Waals surface area contributed by atoms with E-state index in [0.717, 1.165) is 34.0 Å². The number of ether oxygens (including phenoxy) is 1. The van der Waals surface area contributed by atoms with Crippen LogP contribution in [0.4, 0.5) is 4.79 Å². The quantitative estimate of drug-likeness (QED) is 0.692. The van der Waals surface area contributed by atoms with Gasteiger partial charge in [-0.25, -0.2) is 0 Å². The number of thioether (sulfide) groups is 1. The molecule has 1 fully saturated rings. The van der Waals surface area contributed by atoms with Gasteiger partial charge in [0.2, 0.25) is 0 Å². The van der Waals surface area contributed by atoms with Crippen LogP contribution in [0.15, 0.2) is 27.6 Å². The molecule has 22 heavy (non-hydrogen) atoms. The summed E-state index contributed by atoms with van der Waals surface area (Å²) < 4.78 is 6.62. The van der Waals surface area contributed by atoms with Gasteiger partial charge in [0.25, 0.3) is 11.1 Å². The zero-order valence-corrected chi connectivity index (χ0v) is 15.2. The number of nitrogens with zero attached hydrogens (tertiary/aromatic N) is 1. The lowest BCUT2D eigenvalue weighted by Crippen LogP contribution is -2.27. The average Bonchev–Trinajstić information content (AvgIpc) is 2.75. The van der Waals surface area contributed by atoms with Crippen LogP contribution >= 0.6 is 27.7 Å². The summed E-state index contributed by atoms with van der Waals surface area (Å²) in [5, 5.41) is -0.213. The lowest BCUT2D eigenvalue weighted by molar-refractivity contribution is -0.122. The minimum atomic E-state index is -0.228. The predicted molar refractivity (Wildman–Crippen MR) is 92.9 cm³/mol. The van der Waals surface area contributed by atoms with Crippen LogP contribution in [0.5, 0.6) is 5.75 Å². The van der Waals surface area contributed by atoms with E-state index in [2.05, 4.69) is 22.9 Å². The second-order valence-corrected chi connectivity index (χ2v) is 6.80. The van der Waals surface area contributed by atoms with Gasteiger partial charge in [0.1, 0.15) is 5.75 Å². The van der Waals surface area contributed by atoms with Crippen LogP contribution in [0, 0.1) is 0 Å². The van der Waals surface area contributed by atoms with Gasteiger partial charge < -0.3 is 4.74 Å². The highest BCUT2D eigenvalue weighted by molar-refractivity contribution is 9.10. The number of rotatable bonds is 5. The fourth-order valence-corrected chi connectivity index (χ4v) is 3.32. The van der Waals surface area contributed by atoms with Crippen molar-refractivity contribution in [1.29, 1.82) is 0 Å². The first kappa shape index (κ1) is 17.1. The molecule has 1 atom stereocenters. The van der Waals surface area contributed by atoms with Crippen molar-refractivity contribution >= 4 is 44.9 Å². The molecule has 1 aromatic carbocycles. The van der Waals surface area contributed by atoms with Crippen LogP contribution in [0.25, 0.3) is 6.08 Å². The molecule has 1 saturated heterocycles. The fraction of sp³-hybridized carbons (Fsp3) is 0.375. The van der Waals surface area contributed by atoms with E-state index in [-0.39, 0.29) is 17.3 Å². The Hall–Kier alpha value is -1.27. The molecule has 1 aromatic rings. The second kappa shape index (κ2) is 7.33. The highest BCUT2D eigenvalue weighted by atomic mass is 79.9. The number of amides is 2. The lowest BCUT2D eigenvalue weighted by atomic mass is 10.2. The Morgan fingerprint density at radius 1 is 1.36 bits per heavy atom. The number of carbonyl (C=O) groups excluding carboxylic acids is 2. The average molecular weight is 384 g/mol. The summed E-state index contributed by atoms with van der Waals surface area (Å²) in [6.45, 7) is 6.27. The first-order valence-corrected chi connectivity index (χ1v) is 8.78. The number of likely N-dealkylation sites (N-methyl/N-ethyl adjacent to an activating group) is 1. The lowest BCUT2D eigenvalue weighted by Gasteiger charge is -2.14. The van der Waals surface area contributed by atoms with Crippen LogP contribution in [0.1, 0.15) is 32.8 Å². The molecule has 0 bridgehead atoms. The van der Waals surface area contributed by atoms with E-state index in [0.29, 0.717) is 11.4 Å². The summed E-state index contributed by atoms with van der Waals surface area (Å²) in [7, 11) is 0. The summed E-state index contributed by atoms with van der Waals surface area (Å²) in [6.07, 6.45) is 2.81. The van der Waals surface area contributed by atoms with Crippen LogP contribution in [-0.2, 0) is 4.79 Å². The molecule has 1 heterocycles. The molecule has 0 spiro atoms. The second-order valence-electron chi connectivity index (χ2n) is 4.95. The van der Waals surface area contributed by atoms with Crippen molar-refractivity contribution in [2.75, 3.05) is 6.54 Å². The van der Waals surface area contributed by atoms with Gasteiger partial charge in [0.15, 0.2) is 0 Å². The van der Waals surface area contributed by atoms with Crippen molar-refractivity contribution in [3.8, 4) is 5.75 Å². The fourth-order valence-electron chi connectivity index (χ4n) is 1.93. The van der Waals surface area contributed by atoms with E-state index >= 15 is 0 Å². The molecule has 2 rings (SSSR count). The molecule has 0 N–H and O–H groups in total. The Kier molecular flexibility index (Phi) is 5.69. The number of benzene rings is 1. The summed E-state index contributed by atoms with van der Waals surface area (Å²) >= 11 is 4.46. The van der Waals surface area contributed by atoms with Crippen LogP contribution in [0.3, 0.4) is 0 Å². The van der Waals surface area contributed by atoms with Crippen LogP contribution in [-0.4, -0.2) is 28.7 Å². The van der Waals surface area contributed by atoms with E-state index in [1.165, 1.54) is 4.90 Å². The monoisotopic (exact) mass is 383 g/mol. The molecular formula is C16H18BrNO3S. The summed E-state index contributed by atoms with van der Waals surface area (Å²) in [4.78, 5) is 25.5. The first-order chi connectivity index (χ1) is 10.5. The number of hydrogen-bond donors (Lipinski definition) is 0. The molecule has 0 aliphatic carbocycles. The number of carbonyl (C=O) groups is 2. The third-order valence-corrected chi connectivity index (χ3v) is 4.87. The smallest absolute Gasteiger partial charge is 0.293 e. The topological polar surface area (TPSA) is 46.6 Å². The van der Waals surface area contributed by atoms with E-state index in [9.17, 15) is 9.59 Å². The maximum atomic E-state index is 12.1. The standard InChI is InChI=1S/C16H18BrNO3S/c1-4-10(3)21-13-7-6-11(8-12(13)17)9-14-15(19)18(5-2)16(20)22-14/h6-10H,4-5H2,1-3H3/b14-9+/t10-/m0/s1. The Morgan fingerprint density at radius 3 is 2.64 bits per heavy atom. The zero-order chi connectivity index (χ0) is 16.3. The van der Waals surface area contributed by atoms with E-state index in [1.807, 2.05) is 25.1 Å². The van der Waals surface area contributed by atoms with E-state index in [1.54, 1.807) is 13.0 Å². The van der Waals surface area contributed by atoms with Gasteiger partial charge in [-0.3, -0.25) is 14.5 Å². The maximum Gasteiger partial charge on any atom is 0.293 e. The minimum absolute atomic E-state index is 0.142. The maximum absolute atomic E-state index is 12.1. The van der Waals surface area contributed by atoms with E-state index in [4.69, 9.17) is 4.74 Å². The highest BCUT2D eigenvalue weighted by Gasteiger charge is 2.33. The molecule has 0 saturated carbocycles. The number of halogens is 1. The van der Waals surface area contributed by atoms with Crippen molar-refractivity contribution in [2.24, 2.45) is 0 Å². The number of hydrogen-bond acceptors (Lipinski definition) is 4. The first-order valence-electron chi connectivity index (χ1n) is 7.17. The Morgan fingerprint density at radius 2 is 2.09 bits per heavy atom. The third-order valence-electron chi connectivity index (χ3n) is 3.35. The van der Waals surface area contributed by atoms with Gasteiger partial charge in [-0.1, -0.05) is 13.0 Å². The molecule has 0 radical (unpaired) electrons. The van der Waals surface area contributed by atoms with Gasteiger partial charge in [0.05, 0.1) is 15.5 Å². The zero-order valence-electron chi connectivity index (χ0n) is 12.8. The SMILES string of the molecule is CC[C@H](C)Oc1ccc(/C=C2/SC(=O)N(CC)C2=O)cc1Br. The van der Waals surface area contributed by atoms with Crippen LogP contribution in [0.2, 0.25) is 0 Å². The summed E-state index contributed by atoms with van der Waals surface area (Å²) in [5.41, 5.74) is 0.852. The van der Waals surface area contributed by atoms with Gasteiger partial charge in [-0.05, 0) is 71.7 Å². The van der Waals surface area contributed by atoms with Gasteiger partial charge >= 0.3 is 0 Å². The van der Waals surface area contributed by atoms with Crippen LogP contribution < -0.4 is 4.74 Å². The van der Waals surface area contributed by atoms with Crippen molar-refractivity contribution in [1.82, 2.24) is 4.90 Å². The molecule has 0 aromatic heterocycles. The molecular weight excluding hydrogens is 366 g/mol. The molecule has 2 amide bonds. The highest BCUT2D eigenvalue weighted by Crippen LogP contribution is 2.33. The van der Waals surface area contributed by atoms with Gasteiger partial charge in [0, 0.05) is 6.54 Å². The van der Waals surface area contributed by atoms with Gasteiger partial charge in [-0.15, -0.1) is 0 Å². The molecule has 6 heteroatoms. The predicted octanol–water partition coefficient (Wildman–Crippen LogP) is 4.68. The largest absolute Gasteiger partial charge is 0.490 e. The molecule has 1 aliphatic heterocycles. The Bertz CT molecular complexity index is 630. The molecule has 118 valence electrons.